The minimum absolute atomic E-state index is 0.317. The standard InChI is InChI=1S/C11H11F4N3O3/c1-2-17(5-11(13,14)15)10(19)7-3-6(12)4-8(9(7)16)18(20)21/h3-4H,2,5,16H2,1H3. The van der Waals surface area contributed by atoms with Crippen LogP contribution in [-0.2, 0) is 0 Å². The lowest BCUT2D eigenvalue weighted by molar-refractivity contribution is -0.384. The number of benzene rings is 1. The fourth-order valence-corrected chi connectivity index (χ4v) is 1.65. The van der Waals surface area contributed by atoms with E-state index in [1.165, 1.54) is 6.92 Å². The van der Waals surface area contributed by atoms with Gasteiger partial charge in [-0.1, -0.05) is 0 Å². The Morgan fingerprint density at radius 2 is 2.00 bits per heavy atom. The van der Waals surface area contributed by atoms with E-state index in [-0.39, 0.29) is 6.54 Å². The van der Waals surface area contributed by atoms with Crippen LogP contribution in [0, 0.1) is 15.9 Å². The van der Waals surface area contributed by atoms with Gasteiger partial charge in [0.25, 0.3) is 11.6 Å². The van der Waals surface area contributed by atoms with E-state index >= 15 is 0 Å². The highest BCUT2D eigenvalue weighted by atomic mass is 19.4. The van der Waals surface area contributed by atoms with Crippen molar-refractivity contribution in [2.24, 2.45) is 0 Å². The van der Waals surface area contributed by atoms with E-state index < -0.39 is 46.3 Å². The highest BCUT2D eigenvalue weighted by Crippen LogP contribution is 2.28. The monoisotopic (exact) mass is 309 g/mol. The molecule has 1 amide bonds. The molecule has 0 atom stereocenters. The van der Waals surface area contributed by atoms with E-state index in [4.69, 9.17) is 5.73 Å². The molecule has 10 heteroatoms. The maximum atomic E-state index is 13.3. The Balaban J connectivity index is 3.26. The molecule has 1 rings (SSSR count). The summed E-state index contributed by atoms with van der Waals surface area (Å²) in [7, 11) is 0. The van der Waals surface area contributed by atoms with Crippen molar-refractivity contribution in [2.45, 2.75) is 13.1 Å². The van der Waals surface area contributed by atoms with Crippen molar-refractivity contribution in [3.8, 4) is 0 Å². The van der Waals surface area contributed by atoms with Crippen molar-refractivity contribution in [3.63, 3.8) is 0 Å². The number of carbonyl (C=O) groups excluding carboxylic acids is 1. The maximum absolute atomic E-state index is 13.3. The highest BCUT2D eigenvalue weighted by Gasteiger charge is 2.34. The molecule has 0 saturated carbocycles. The van der Waals surface area contributed by atoms with Gasteiger partial charge in [-0.15, -0.1) is 0 Å². The molecule has 2 N–H and O–H groups in total. The quantitative estimate of drug-likeness (QED) is 0.400. The third-order valence-electron chi connectivity index (χ3n) is 2.59. The Labute approximate surface area is 116 Å². The van der Waals surface area contributed by atoms with Gasteiger partial charge in [-0.3, -0.25) is 14.9 Å². The predicted octanol–water partition coefficient (Wildman–Crippen LogP) is 2.34. The number of nitrogens with two attached hydrogens (primary N) is 1. The van der Waals surface area contributed by atoms with Gasteiger partial charge in [-0.25, -0.2) is 4.39 Å². The number of nitro benzene ring substituents is 1. The lowest BCUT2D eigenvalue weighted by Gasteiger charge is -2.22. The molecule has 0 heterocycles. The van der Waals surface area contributed by atoms with Crippen LogP contribution >= 0.6 is 0 Å². The summed E-state index contributed by atoms with van der Waals surface area (Å²) in [6, 6.07) is 1.07. The summed E-state index contributed by atoms with van der Waals surface area (Å²) in [5, 5.41) is 10.7. The van der Waals surface area contributed by atoms with E-state index in [0.29, 0.717) is 17.0 Å². The summed E-state index contributed by atoms with van der Waals surface area (Å²) < 4.78 is 50.3. The van der Waals surface area contributed by atoms with E-state index in [2.05, 4.69) is 0 Å². The molecule has 1 aromatic rings. The van der Waals surface area contributed by atoms with Gasteiger partial charge in [-0.2, -0.15) is 13.2 Å². The van der Waals surface area contributed by atoms with Crippen molar-refractivity contribution < 1.29 is 27.3 Å². The molecule has 0 aliphatic carbocycles. The zero-order valence-corrected chi connectivity index (χ0v) is 10.8. The average Bonchev–Trinajstić information content (AvgIpc) is 2.36. The lowest BCUT2D eigenvalue weighted by atomic mass is 10.1. The smallest absolute Gasteiger partial charge is 0.393 e. The third-order valence-corrected chi connectivity index (χ3v) is 2.59. The van der Waals surface area contributed by atoms with Gasteiger partial charge < -0.3 is 10.6 Å². The average molecular weight is 309 g/mol. The van der Waals surface area contributed by atoms with Gasteiger partial charge in [0.05, 0.1) is 16.6 Å². The highest BCUT2D eigenvalue weighted by molar-refractivity contribution is 6.01. The molecule has 0 fully saturated rings. The van der Waals surface area contributed by atoms with Crippen LogP contribution in [0.25, 0.3) is 0 Å². The van der Waals surface area contributed by atoms with Crippen LogP contribution in [0.1, 0.15) is 17.3 Å². The molecule has 0 aliphatic rings. The van der Waals surface area contributed by atoms with E-state index in [1.807, 2.05) is 0 Å². The van der Waals surface area contributed by atoms with E-state index in [0.717, 1.165) is 0 Å². The Kier molecular flexibility index (Phi) is 4.71. The van der Waals surface area contributed by atoms with Gasteiger partial charge in [0, 0.05) is 6.54 Å². The van der Waals surface area contributed by atoms with Crippen molar-refractivity contribution in [2.75, 3.05) is 18.8 Å². The van der Waals surface area contributed by atoms with E-state index in [9.17, 15) is 32.5 Å². The lowest BCUT2D eigenvalue weighted by Crippen LogP contribution is -2.39. The Bertz CT molecular complexity index is 575. The summed E-state index contributed by atoms with van der Waals surface area (Å²) in [4.78, 5) is 22.0. The van der Waals surface area contributed by atoms with Gasteiger partial charge in [0.15, 0.2) is 0 Å². The van der Waals surface area contributed by atoms with E-state index in [1.54, 1.807) is 0 Å². The largest absolute Gasteiger partial charge is 0.406 e. The molecular formula is C11H11F4N3O3. The second-order valence-corrected chi connectivity index (χ2v) is 4.08. The fourth-order valence-electron chi connectivity index (χ4n) is 1.65. The minimum Gasteiger partial charge on any atom is -0.393 e. The second-order valence-electron chi connectivity index (χ2n) is 4.08. The number of amides is 1. The summed E-state index contributed by atoms with van der Waals surface area (Å²) in [6.07, 6.45) is -4.65. The number of nitro groups is 1. The Morgan fingerprint density at radius 3 is 2.43 bits per heavy atom. The zero-order chi connectivity index (χ0) is 16.4. The minimum atomic E-state index is -4.65. The van der Waals surface area contributed by atoms with Crippen LogP contribution in [0.4, 0.5) is 28.9 Å². The number of alkyl halides is 3. The predicted molar refractivity (Wildman–Crippen MR) is 65.1 cm³/mol. The third kappa shape index (κ3) is 4.04. The molecule has 0 spiro atoms. The van der Waals surface area contributed by atoms with Gasteiger partial charge >= 0.3 is 6.18 Å². The molecule has 21 heavy (non-hydrogen) atoms. The number of hydrogen-bond acceptors (Lipinski definition) is 4. The van der Waals surface area contributed by atoms with Gasteiger partial charge in [-0.05, 0) is 13.0 Å². The maximum Gasteiger partial charge on any atom is 0.406 e. The first-order valence-corrected chi connectivity index (χ1v) is 5.66. The van der Waals surface area contributed by atoms with Crippen molar-refractivity contribution in [1.82, 2.24) is 4.90 Å². The molecule has 0 saturated heterocycles. The first-order valence-electron chi connectivity index (χ1n) is 5.66. The molecule has 6 nitrogen and oxygen atoms in total. The van der Waals surface area contributed by atoms with Crippen LogP contribution in [0.15, 0.2) is 12.1 Å². The molecule has 0 unspecified atom stereocenters. The van der Waals surface area contributed by atoms with Crippen LogP contribution in [0.5, 0.6) is 0 Å². The van der Waals surface area contributed by atoms with Crippen molar-refractivity contribution >= 4 is 17.3 Å². The Hall–Kier alpha value is -2.39. The fraction of sp³-hybridized carbons (Fsp3) is 0.364. The summed E-state index contributed by atoms with van der Waals surface area (Å²) in [5.41, 5.74) is 3.15. The Morgan fingerprint density at radius 1 is 1.43 bits per heavy atom. The first-order chi connectivity index (χ1) is 9.56. The van der Waals surface area contributed by atoms with Crippen LogP contribution < -0.4 is 5.73 Å². The number of rotatable bonds is 4. The zero-order valence-electron chi connectivity index (χ0n) is 10.8. The van der Waals surface area contributed by atoms with Gasteiger partial charge in [0.2, 0.25) is 0 Å². The molecule has 0 bridgehead atoms. The van der Waals surface area contributed by atoms with Crippen LogP contribution in [0.3, 0.4) is 0 Å². The summed E-state index contributed by atoms with van der Waals surface area (Å²) in [6.45, 7) is -0.596. The molecule has 116 valence electrons. The second kappa shape index (κ2) is 5.94. The number of carbonyl (C=O) groups is 1. The molecule has 0 aromatic heterocycles. The number of halogens is 4. The number of anilines is 1. The summed E-state index contributed by atoms with van der Waals surface area (Å²) >= 11 is 0. The SMILES string of the molecule is CCN(CC(F)(F)F)C(=O)c1cc(F)cc([N+](=O)[O-])c1N. The molecule has 0 aliphatic heterocycles. The summed E-state index contributed by atoms with van der Waals surface area (Å²) in [5.74, 6) is -2.36. The van der Waals surface area contributed by atoms with Crippen molar-refractivity contribution in [1.29, 1.82) is 0 Å². The topological polar surface area (TPSA) is 89.5 Å². The molecule has 0 radical (unpaired) electrons. The van der Waals surface area contributed by atoms with Gasteiger partial charge in [0.1, 0.15) is 18.0 Å². The van der Waals surface area contributed by atoms with Crippen molar-refractivity contribution in [3.05, 3.63) is 33.6 Å². The number of nitrogen functional groups attached to an aromatic ring is 1. The van der Waals surface area contributed by atoms with Crippen LogP contribution in [0.2, 0.25) is 0 Å². The van der Waals surface area contributed by atoms with Crippen LogP contribution in [-0.4, -0.2) is 35.0 Å². The first kappa shape index (κ1) is 16.7. The molecule has 1 aromatic carbocycles. The molecular weight excluding hydrogens is 298 g/mol. The normalized spacial score (nSPS) is 11.3. The number of hydrogen-bond donors (Lipinski definition) is 1. The number of nitrogens with zero attached hydrogens (tertiary/aromatic N) is 2.